The molecule has 1 aliphatic heterocycles. The first-order valence-electron chi connectivity index (χ1n) is 6.98. The number of carbonyl (C=O) groups is 1. The summed E-state index contributed by atoms with van der Waals surface area (Å²) in [6, 6.07) is 0.127. The predicted molar refractivity (Wildman–Crippen MR) is 82.1 cm³/mol. The molecule has 1 N–H and O–H groups in total. The smallest absolute Gasteiger partial charge is 0.225 e. The summed E-state index contributed by atoms with van der Waals surface area (Å²) in [4.78, 5) is 18.5. The monoisotopic (exact) mass is 296 g/mol. The summed E-state index contributed by atoms with van der Waals surface area (Å²) in [7, 11) is 0. The molecule has 0 bridgehead atoms. The van der Waals surface area contributed by atoms with Crippen LogP contribution in [0.25, 0.3) is 0 Å². The Balaban J connectivity index is 2.02. The molecule has 1 amide bonds. The van der Waals surface area contributed by atoms with Crippen molar-refractivity contribution in [3.63, 3.8) is 0 Å². The highest BCUT2D eigenvalue weighted by molar-refractivity contribution is 7.09. The number of rotatable bonds is 2. The quantitative estimate of drug-likeness (QED) is 0.911. The lowest BCUT2D eigenvalue weighted by atomic mass is 9.96. The van der Waals surface area contributed by atoms with Crippen LogP contribution >= 0.6 is 11.5 Å². The van der Waals surface area contributed by atoms with Gasteiger partial charge in [0, 0.05) is 35.5 Å². The van der Waals surface area contributed by atoms with Crippen molar-refractivity contribution in [3.8, 4) is 0 Å². The third-order valence-corrected chi connectivity index (χ3v) is 4.01. The van der Waals surface area contributed by atoms with Crippen LogP contribution in [0.1, 0.15) is 53.8 Å². The van der Waals surface area contributed by atoms with E-state index >= 15 is 0 Å². The summed E-state index contributed by atoms with van der Waals surface area (Å²) in [6.45, 7) is 13.2. The van der Waals surface area contributed by atoms with Crippen molar-refractivity contribution in [2.24, 2.45) is 0 Å². The summed E-state index contributed by atoms with van der Waals surface area (Å²) in [5.74, 6) is 1.05. The van der Waals surface area contributed by atoms with Crippen LogP contribution in [0.4, 0.5) is 5.13 Å². The number of anilines is 1. The maximum atomic E-state index is 12.0. The van der Waals surface area contributed by atoms with Gasteiger partial charge in [0.1, 0.15) is 5.82 Å². The Morgan fingerprint density at radius 3 is 2.35 bits per heavy atom. The molecule has 0 spiro atoms. The van der Waals surface area contributed by atoms with E-state index in [1.54, 1.807) is 0 Å². The SMILES string of the molecule is CC(C)(C)c1nsc(NC2CC(=O)N(C(C)(C)C)C2)n1. The van der Waals surface area contributed by atoms with Gasteiger partial charge in [0.05, 0.1) is 6.04 Å². The molecule has 0 saturated carbocycles. The van der Waals surface area contributed by atoms with Crippen LogP contribution in [0.5, 0.6) is 0 Å². The zero-order chi connectivity index (χ0) is 15.1. The van der Waals surface area contributed by atoms with E-state index < -0.39 is 0 Å². The fourth-order valence-electron chi connectivity index (χ4n) is 2.21. The van der Waals surface area contributed by atoms with Crippen molar-refractivity contribution in [1.29, 1.82) is 0 Å². The summed E-state index contributed by atoms with van der Waals surface area (Å²) in [5, 5.41) is 4.16. The Hall–Kier alpha value is -1.17. The number of hydrogen-bond acceptors (Lipinski definition) is 5. The van der Waals surface area contributed by atoms with E-state index in [1.165, 1.54) is 11.5 Å². The summed E-state index contributed by atoms with van der Waals surface area (Å²) < 4.78 is 4.39. The maximum Gasteiger partial charge on any atom is 0.225 e. The number of nitrogens with zero attached hydrogens (tertiary/aromatic N) is 3. The molecule has 0 aliphatic carbocycles. The molecule has 1 fully saturated rings. The molecule has 1 aliphatic rings. The zero-order valence-electron chi connectivity index (χ0n) is 13.1. The van der Waals surface area contributed by atoms with Crippen LogP contribution in [0.3, 0.4) is 0 Å². The van der Waals surface area contributed by atoms with Crippen LogP contribution in [-0.2, 0) is 10.2 Å². The van der Waals surface area contributed by atoms with Gasteiger partial charge >= 0.3 is 0 Å². The first-order valence-corrected chi connectivity index (χ1v) is 7.76. The van der Waals surface area contributed by atoms with E-state index in [1.807, 2.05) is 4.90 Å². The van der Waals surface area contributed by atoms with Crippen LogP contribution in [0.2, 0.25) is 0 Å². The minimum Gasteiger partial charge on any atom is -0.355 e. The van der Waals surface area contributed by atoms with Crippen LogP contribution < -0.4 is 5.32 Å². The van der Waals surface area contributed by atoms with Crippen molar-refractivity contribution >= 4 is 22.6 Å². The van der Waals surface area contributed by atoms with Crippen molar-refractivity contribution in [2.45, 2.75) is 65.0 Å². The number of likely N-dealkylation sites (tertiary alicyclic amines) is 1. The Labute approximate surface area is 124 Å². The van der Waals surface area contributed by atoms with Gasteiger partial charge in [0.15, 0.2) is 0 Å². The molecule has 2 rings (SSSR count). The summed E-state index contributed by atoms with van der Waals surface area (Å²) >= 11 is 1.37. The largest absolute Gasteiger partial charge is 0.355 e. The third-order valence-electron chi connectivity index (χ3n) is 3.36. The fourth-order valence-corrected chi connectivity index (χ4v) is 3.05. The molecular formula is C14H24N4OS. The average Bonchev–Trinajstić information content (AvgIpc) is 2.84. The normalized spacial score (nSPS) is 20.6. The van der Waals surface area contributed by atoms with Crippen molar-refractivity contribution in [3.05, 3.63) is 5.82 Å². The van der Waals surface area contributed by atoms with Crippen molar-refractivity contribution < 1.29 is 4.79 Å². The van der Waals surface area contributed by atoms with Gasteiger partial charge in [0.25, 0.3) is 0 Å². The number of aromatic nitrogens is 2. The Morgan fingerprint density at radius 2 is 1.90 bits per heavy atom. The number of carbonyl (C=O) groups excluding carboxylic acids is 1. The van der Waals surface area contributed by atoms with Gasteiger partial charge in [-0.05, 0) is 20.8 Å². The van der Waals surface area contributed by atoms with E-state index in [0.29, 0.717) is 6.42 Å². The third kappa shape index (κ3) is 3.29. The van der Waals surface area contributed by atoms with E-state index in [9.17, 15) is 4.79 Å². The molecule has 112 valence electrons. The Bertz CT molecular complexity index is 498. The second-order valence-corrected chi connectivity index (χ2v) is 8.15. The topological polar surface area (TPSA) is 58.1 Å². The van der Waals surface area contributed by atoms with Gasteiger partial charge in [-0.3, -0.25) is 4.79 Å². The van der Waals surface area contributed by atoms with E-state index in [4.69, 9.17) is 0 Å². The lowest BCUT2D eigenvalue weighted by Crippen LogP contribution is -2.43. The fraction of sp³-hybridized carbons (Fsp3) is 0.786. The Morgan fingerprint density at radius 1 is 1.25 bits per heavy atom. The number of hydrogen-bond donors (Lipinski definition) is 1. The van der Waals surface area contributed by atoms with Gasteiger partial charge in [-0.15, -0.1) is 0 Å². The highest BCUT2D eigenvalue weighted by Gasteiger charge is 2.36. The molecule has 1 atom stereocenters. The van der Waals surface area contributed by atoms with E-state index in [2.05, 4.69) is 56.2 Å². The van der Waals surface area contributed by atoms with E-state index in [0.717, 1.165) is 17.5 Å². The highest BCUT2D eigenvalue weighted by Crippen LogP contribution is 2.27. The Kier molecular flexibility index (Phi) is 3.79. The molecule has 1 unspecified atom stereocenters. The molecule has 1 aromatic rings. The standard InChI is InChI=1S/C14H24N4OS/c1-13(2,3)11-16-12(20-17-11)15-9-7-10(19)18(8-9)14(4,5)6/h9H,7-8H2,1-6H3,(H,15,16,17). The van der Waals surface area contributed by atoms with Crippen molar-refractivity contribution in [2.75, 3.05) is 11.9 Å². The number of amides is 1. The highest BCUT2D eigenvalue weighted by atomic mass is 32.1. The van der Waals surface area contributed by atoms with Crippen LogP contribution in [0.15, 0.2) is 0 Å². The molecule has 1 aromatic heterocycles. The molecule has 0 aromatic carbocycles. The van der Waals surface area contributed by atoms with Gasteiger partial charge in [-0.25, -0.2) is 4.98 Å². The van der Waals surface area contributed by atoms with Gasteiger partial charge < -0.3 is 10.2 Å². The first-order chi connectivity index (χ1) is 9.07. The molecule has 20 heavy (non-hydrogen) atoms. The zero-order valence-corrected chi connectivity index (χ0v) is 14.0. The molecule has 0 radical (unpaired) electrons. The van der Waals surface area contributed by atoms with Crippen LogP contribution in [0, 0.1) is 0 Å². The van der Waals surface area contributed by atoms with Gasteiger partial charge in [0.2, 0.25) is 11.0 Å². The molecule has 1 saturated heterocycles. The summed E-state index contributed by atoms with van der Waals surface area (Å²) in [6.07, 6.45) is 0.529. The predicted octanol–water partition coefficient (Wildman–Crippen LogP) is 2.65. The molecular weight excluding hydrogens is 272 g/mol. The van der Waals surface area contributed by atoms with Gasteiger partial charge in [-0.2, -0.15) is 4.37 Å². The van der Waals surface area contributed by atoms with Gasteiger partial charge in [-0.1, -0.05) is 20.8 Å². The number of nitrogens with one attached hydrogen (secondary N) is 1. The second-order valence-electron chi connectivity index (χ2n) is 7.39. The van der Waals surface area contributed by atoms with Crippen LogP contribution in [-0.4, -0.2) is 38.3 Å². The maximum absolute atomic E-state index is 12.0. The lowest BCUT2D eigenvalue weighted by Gasteiger charge is -2.32. The molecule has 2 heterocycles. The molecule has 5 nitrogen and oxygen atoms in total. The lowest BCUT2D eigenvalue weighted by molar-refractivity contribution is -0.131. The first kappa shape index (κ1) is 15.2. The van der Waals surface area contributed by atoms with E-state index in [-0.39, 0.29) is 22.9 Å². The van der Waals surface area contributed by atoms with Crippen molar-refractivity contribution in [1.82, 2.24) is 14.3 Å². The second kappa shape index (κ2) is 4.98. The average molecular weight is 296 g/mol. The minimum absolute atomic E-state index is 0.0423. The molecule has 6 heteroatoms. The summed E-state index contributed by atoms with van der Waals surface area (Å²) in [5.41, 5.74) is -0.162. The minimum atomic E-state index is -0.120.